The van der Waals surface area contributed by atoms with Crippen molar-refractivity contribution in [3.8, 4) is 11.5 Å². The van der Waals surface area contributed by atoms with Crippen molar-refractivity contribution < 1.29 is 19.0 Å². The molecule has 9 heteroatoms. The van der Waals surface area contributed by atoms with Gasteiger partial charge in [0.2, 0.25) is 6.79 Å². The zero-order valence-corrected chi connectivity index (χ0v) is 20.7. The topological polar surface area (TPSA) is 82.4 Å². The summed E-state index contributed by atoms with van der Waals surface area (Å²) in [6.07, 6.45) is 1.81. The van der Waals surface area contributed by atoms with E-state index in [1.807, 2.05) is 61.5 Å². The van der Waals surface area contributed by atoms with Crippen molar-refractivity contribution in [3.63, 3.8) is 0 Å². The maximum atomic E-state index is 13.7. The monoisotopic (exact) mass is 491 g/mol. The van der Waals surface area contributed by atoms with E-state index in [1.54, 1.807) is 24.5 Å². The summed E-state index contributed by atoms with van der Waals surface area (Å²) in [5, 5.41) is 0. The molecule has 3 aromatic rings. The summed E-state index contributed by atoms with van der Waals surface area (Å²) in [6, 6.07) is 12.7. The minimum Gasteiger partial charge on any atom is -0.463 e. The third kappa shape index (κ3) is 4.12. The normalized spacial score (nSPS) is 16.7. The van der Waals surface area contributed by atoms with Gasteiger partial charge in [0.25, 0.3) is 5.56 Å². The van der Waals surface area contributed by atoms with Gasteiger partial charge in [-0.1, -0.05) is 29.5 Å². The Labute approximate surface area is 206 Å². The van der Waals surface area contributed by atoms with Crippen LogP contribution >= 0.6 is 11.3 Å². The van der Waals surface area contributed by atoms with Crippen molar-refractivity contribution in [1.82, 2.24) is 4.57 Å². The molecular weight excluding hydrogens is 466 g/mol. The zero-order chi connectivity index (χ0) is 24.7. The van der Waals surface area contributed by atoms with Gasteiger partial charge in [0.15, 0.2) is 16.3 Å². The minimum atomic E-state index is -0.639. The van der Waals surface area contributed by atoms with Crippen LogP contribution in [0.15, 0.2) is 63.5 Å². The first-order valence-corrected chi connectivity index (χ1v) is 12.1. The van der Waals surface area contributed by atoms with Gasteiger partial charge in [-0.05, 0) is 55.3 Å². The van der Waals surface area contributed by atoms with Crippen LogP contribution in [0.2, 0.25) is 0 Å². The summed E-state index contributed by atoms with van der Waals surface area (Å²) in [7, 11) is 3.92. The Morgan fingerprint density at radius 2 is 1.94 bits per heavy atom. The molecule has 2 aliphatic heterocycles. The lowest BCUT2D eigenvalue weighted by Crippen LogP contribution is -2.39. The molecule has 1 atom stereocenters. The van der Waals surface area contributed by atoms with E-state index in [-0.39, 0.29) is 19.0 Å². The average molecular weight is 492 g/mol. The lowest BCUT2D eigenvalue weighted by atomic mass is 9.95. The number of hydrogen-bond donors (Lipinski definition) is 0. The largest absolute Gasteiger partial charge is 0.463 e. The van der Waals surface area contributed by atoms with Gasteiger partial charge < -0.3 is 19.1 Å². The Hall–Kier alpha value is -3.85. The van der Waals surface area contributed by atoms with Crippen LogP contribution in [-0.2, 0) is 9.53 Å². The molecule has 0 amide bonds. The number of benzene rings is 2. The zero-order valence-electron chi connectivity index (χ0n) is 19.9. The maximum absolute atomic E-state index is 13.7. The number of carbonyl (C=O) groups excluding carboxylic acids is 1. The highest BCUT2D eigenvalue weighted by atomic mass is 32.1. The van der Waals surface area contributed by atoms with Gasteiger partial charge in [0, 0.05) is 19.8 Å². The number of ether oxygens (including phenoxy) is 3. The van der Waals surface area contributed by atoms with Gasteiger partial charge in [-0.2, -0.15) is 0 Å². The highest BCUT2D eigenvalue weighted by Gasteiger charge is 2.33. The molecule has 0 saturated carbocycles. The number of allylic oxidation sites excluding steroid dienone is 1. The summed E-state index contributed by atoms with van der Waals surface area (Å²) < 4.78 is 18.3. The van der Waals surface area contributed by atoms with Crippen molar-refractivity contribution in [2.45, 2.75) is 19.9 Å². The second-order valence-corrected chi connectivity index (χ2v) is 9.41. The number of aromatic nitrogens is 1. The van der Waals surface area contributed by atoms with Crippen molar-refractivity contribution in [2.75, 3.05) is 32.4 Å². The second kappa shape index (κ2) is 9.07. The molecule has 1 aromatic heterocycles. The van der Waals surface area contributed by atoms with E-state index in [0.717, 1.165) is 16.8 Å². The standard InChI is InChI=1S/C26H25N3O5S/c1-5-32-25(31)22-15(2)27-26-29(23(22)17-7-9-18(10-8-17)28(3)4)24(30)21(35-26)13-16-6-11-19-20(12-16)34-14-33-19/h6-13,23H,5,14H2,1-4H3/b21-13+. The Bertz CT molecular complexity index is 1520. The van der Waals surface area contributed by atoms with Crippen LogP contribution < -0.4 is 29.3 Å². The predicted octanol–water partition coefficient (Wildman–Crippen LogP) is 2.59. The molecule has 2 aromatic carbocycles. The van der Waals surface area contributed by atoms with Crippen LogP contribution in [-0.4, -0.2) is 38.0 Å². The summed E-state index contributed by atoms with van der Waals surface area (Å²) in [4.78, 5) is 33.8. The predicted molar refractivity (Wildman–Crippen MR) is 134 cm³/mol. The van der Waals surface area contributed by atoms with Gasteiger partial charge >= 0.3 is 5.97 Å². The molecule has 3 heterocycles. The number of esters is 1. The van der Waals surface area contributed by atoms with E-state index in [1.165, 1.54) is 11.3 Å². The molecule has 1 unspecified atom stereocenters. The number of thiazole rings is 1. The molecule has 0 N–H and O–H groups in total. The summed E-state index contributed by atoms with van der Waals surface area (Å²) in [5.41, 5.74) is 3.33. The van der Waals surface area contributed by atoms with Crippen molar-refractivity contribution in [2.24, 2.45) is 4.99 Å². The fourth-order valence-corrected chi connectivity index (χ4v) is 5.26. The van der Waals surface area contributed by atoms with E-state index < -0.39 is 12.0 Å². The van der Waals surface area contributed by atoms with Gasteiger partial charge in [-0.3, -0.25) is 9.36 Å². The molecule has 0 aliphatic carbocycles. The molecule has 35 heavy (non-hydrogen) atoms. The Balaban J connectivity index is 1.67. The van der Waals surface area contributed by atoms with Gasteiger partial charge in [-0.25, -0.2) is 9.79 Å². The third-order valence-electron chi connectivity index (χ3n) is 5.94. The first-order valence-electron chi connectivity index (χ1n) is 11.2. The SMILES string of the molecule is CCOC(=O)C1=C(C)N=c2s/c(=C/c3ccc4c(c3)OCO4)c(=O)n2C1c1ccc(N(C)C)cc1. The Kier molecular flexibility index (Phi) is 5.94. The molecule has 0 spiro atoms. The van der Waals surface area contributed by atoms with Gasteiger partial charge in [0.05, 0.1) is 28.5 Å². The highest BCUT2D eigenvalue weighted by molar-refractivity contribution is 7.07. The molecule has 0 saturated heterocycles. The molecule has 5 rings (SSSR count). The average Bonchev–Trinajstić information content (AvgIpc) is 3.42. The smallest absolute Gasteiger partial charge is 0.338 e. The molecule has 0 radical (unpaired) electrons. The van der Waals surface area contributed by atoms with E-state index in [9.17, 15) is 9.59 Å². The van der Waals surface area contributed by atoms with Crippen LogP contribution in [0.3, 0.4) is 0 Å². The summed E-state index contributed by atoms with van der Waals surface area (Å²) >= 11 is 1.29. The summed E-state index contributed by atoms with van der Waals surface area (Å²) in [5.74, 6) is 0.853. The number of fused-ring (bicyclic) bond motifs is 2. The van der Waals surface area contributed by atoms with Crippen LogP contribution in [0, 0.1) is 0 Å². The minimum absolute atomic E-state index is 0.184. The number of hydrogen-bond acceptors (Lipinski definition) is 8. The Morgan fingerprint density at radius 1 is 1.20 bits per heavy atom. The molecule has 2 aliphatic rings. The van der Waals surface area contributed by atoms with E-state index >= 15 is 0 Å². The number of carbonyl (C=O) groups is 1. The quantitative estimate of drug-likeness (QED) is 0.511. The van der Waals surface area contributed by atoms with Crippen LogP contribution in [0.5, 0.6) is 11.5 Å². The maximum Gasteiger partial charge on any atom is 0.338 e. The Morgan fingerprint density at radius 3 is 2.66 bits per heavy atom. The first kappa shape index (κ1) is 22.9. The third-order valence-corrected chi connectivity index (χ3v) is 6.92. The van der Waals surface area contributed by atoms with Crippen LogP contribution in [0.1, 0.15) is 31.0 Å². The molecule has 180 valence electrons. The van der Waals surface area contributed by atoms with E-state index in [4.69, 9.17) is 14.2 Å². The molecule has 0 bridgehead atoms. The van der Waals surface area contributed by atoms with E-state index in [0.29, 0.717) is 32.1 Å². The molecule has 8 nitrogen and oxygen atoms in total. The lowest BCUT2D eigenvalue weighted by molar-refractivity contribution is -0.139. The first-order chi connectivity index (χ1) is 16.9. The highest BCUT2D eigenvalue weighted by Crippen LogP contribution is 2.33. The van der Waals surface area contributed by atoms with E-state index in [2.05, 4.69) is 4.99 Å². The van der Waals surface area contributed by atoms with Crippen LogP contribution in [0.25, 0.3) is 6.08 Å². The van der Waals surface area contributed by atoms with Gasteiger partial charge in [0.1, 0.15) is 0 Å². The molecular formula is C26H25N3O5S. The van der Waals surface area contributed by atoms with Gasteiger partial charge in [-0.15, -0.1) is 0 Å². The van der Waals surface area contributed by atoms with Crippen molar-refractivity contribution in [1.29, 1.82) is 0 Å². The number of rotatable bonds is 5. The van der Waals surface area contributed by atoms with Crippen LogP contribution in [0.4, 0.5) is 5.69 Å². The number of anilines is 1. The summed E-state index contributed by atoms with van der Waals surface area (Å²) in [6.45, 7) is 3.96. The van der Waals surface area contributed by atoms with Crippen molar-refractivity contribution in [3.05, 3.63) is 84.5 Å². The van der Waals surface area contributed by atoms with Crippen molar-refractivity contribution >= 4 is 29.1 Å². The molecule has 0 fully saturated rings. The fourth-order valence-electron chi connectivity index (χ4n) is 4.22. The second-order valence-electron chi connectivity index (χ2n) is 8.40. The fraction of sp³-hybridized carbons (Fsp3) is 0.269. The lowest BCUT2D eigenvalue weighted by Gasteiger charge is -2.25. The number of nitrogens with zero attached hydrogens (tertiary/aromatic N) is 3.